The molecule has 1 radical (unpaired) electrons. The third-order valence-corrected chi connectivity index (χ3v) is 2.05. The Morgan fingerprint density at radius 1 is 1.33 bits per heavy atom. The van der Waals surface area contributed by atoms with E-state index in [-0.39, 0.29) is 16.9 Å². The minimum Gasteiger partial charge on any atom is -0.618 e. The molecule has 2 aromatic rings. The number of nitrogens with two attached hydrogens (primary N) is 1. The Labute approximate surface area is 86.2 Å². The van der Waals surface area contributed by atoms with Crippen molar-refractivity contribution < 1.29 is 9.12 Å². The number of halogens is 1. The van der Waals surface area contributed by atoms with Gasteiger partial charge in [0.1, 0.15) is 11.5 Å². The Hall–Kier alpha value is -2.10. The number of benzene rings is 1. The number of pyridine rings is 1. The molecule has 0 saturated carbocycles. The van der Waals surface area contributed by atoms with E-state index in [0.29, 0.717) is 4.73 Å². The molecule has 0 saturated heterocycles. The van der Waals surface area contributed by atoms with E-state index in [1.54, 1.807) is 12.1 Å². The van der Waals surface area contributed by atoms with Crippen LogP contribution in [0.4, 0.5) is 10.1 Å². The average Bonchev–Trinajstić information content (AvgIpc) is 2.20. The van der Waals surface area contributed by atoms with E-state index >= 15 is 0 Å². The molecule has 4 heteroatoms. The molecule has 0 aliphatic carbocycles. The van der Waals surface area contributed by atoms with Crippen molar-refractivity contribution in [1.29, 1.82) is 0 Å². The Balaban J connectivity index is 2.69. The maximum absolute atomic E-state index is 13.4. The molecule has 15 heavy (non-hydrogen) atoms. The maximum atomic E-state index is 13.4. The van der Waals surface area contributed by atoms with E-state index in [1.165, 1.54) is 24.4 Å². The molecule has 1 aromatic carbocycles. The molecule has 0 amide bonds. The van der Waals surface area contributed by atoms with E-state index < -0.39 is 5.82 Å². The van der Waals surface area contributed by atoms with Crippen LogP contribution in [0.2, 0.25) is 0 Å². The first kappa shape index (κ1) is 9.45. The van der Waals surface area contributed by atoms with Gasteiger partial charge in [0.2, 0.25) is 0 Å². The maximum Gasteiger partial charge on any atom is 0.250 e. The van der Waals surface area contributed by atoms with Gasteiger partial charge in [-0.2, -0.15) is 4.73 Å². The van der Waals surface area contributed by atoms with Crippen molar-refractivity contribution in [3.8, 4) is 11.3 Å². The molecular formula is C11H8FN2O. The normalized spacial score (nSPS) is 10.2. The molecule has 2 N–H and O–H groups in total. The third-order valence-electron chi connectivity index (χ3n) is 2.05. The molecule has 2 rings (SSSR count). The highest BCUT2D eigenvalue weighted by molar-refractivity contribution is 5.69. The largest absolute Gasteiger partial charge is 0.618 e. The highest BCUT2D eigenvalue weighted by Gasteiger charge is 2.16. The van der Waals surface area contributed by atoms with Gasteiger partial charge in [0.25, 0.3) is 5.69 Å². The van der Waals surface area contributed by atoms with Gasteiger partial charge in [0.05, 0.1) is 5.56 Å². The SMILES string of the molecule is Nc1[c]cc[n+]([O-])c1-c1ccccc1F. The molecule has 0 spiro atoms. The van der Waals surface area contributed by atoms with Gasteiger partial charge in [-0.05, 0) is 12.1 Å². The first-order chi connectivity index (χ1) is 7.20. The van der Waals surface area contributed by atoms with Crippen molar-refractivity contribution in [2.45, 2.75) is 0 Å². The Kier molecular flexibility index (Phi) is 2.25. The minimum absolute atomic E-state index is 0.0931. The van der Waals surface area contributed by atoms with Gasteiger partial charge >= 0.3 is 0 Å². The van der Waals surface area contributed by atoms with Crippen LogP contribution in [-0.2, 0) is 0 Å². The fourth-order valence-electron chi connectivity index (χ4n) is 1.37. The molecule has 0 bridgehead atoms. The first-order valence-electron chi connectivity index (χ1n) is 4.34. The Morgan fingerprint density at radius 2 is 2.07 bits per heavy atom. The van der Waals surface area contributed by atoms with Crippen LogP contribution in [0.1, 0.15) is 0 Å². The zero-order chi connectivity index (χ0) is 10.8. The van der Waals surface area contributed by atoms with Gasteiger partial charge in [0.15, 0.2) is 6.20 Å². The van der Waals surface area contributed by atoms with Crippen LogP contribution in [0.3, 0.4) is 0 Å². The molecule has 0 aliphatic heterocycles. The number of rotatable bonds is 1. The highest BCUT2D eigenvalue weighted by Crippen LogP contribution is 2.23. The fraction of sp³-hybridized carbons (Fsp3) is 0. The number of hydrogen-bond donors (Lipinski definition) is 1. The monoisotopic (exact) mass is 203 g/mol. The van der Waals surface area contributed by atoms with Crippen LogP contribution in [0, 0.1) is 17.1 Å². The lowest BCUT2D eigenvalue weighted by Gasteiger charge is -2.06. The minimum atomic E-state index is -0.478. The van der Waals surface area contributed by atoms with E-state index in [0.717, 1.165) is 0 Å². The van der Waals surface area contributed by atoms with Crippen LogP contribution >= 0.6 is 0 Å². The van der Waals surface area contributed by atoms with Crippen LogP contribution < -0.4 is 10.5 Å². The van der Waals surface area contributed by atoms with Crippen LogP contribution in [0.25, 0.3) is 11.3 Å². The zero-order valence-corrected chi connectivity index (χ0v) is 7.77. The summed E-state index contributed by atoms with van der Waals surface area (Å²) in [7, 11) is 0. The van der Waals surface area contributed by atoms with Crippen LogP contribution in [0.15, 0.2) is 36.5 Å². The summed E-state index contributed by atoms with van der Waals surface area (Å²) >= 11 is 0. The lowest BCUT2D eigenvalue weighted by molar-refractivity contribution is -0.593. The van der Waals surface area contributed by atoms with Gasteiger partial charge < -0.3 is 10.9 Å². The van der Waals surface area contributed by atoms with E-state index in [9.17, 15) is 9.60 Å². The van der Waals surface area contributed by atoms with E-state index in [2.05, 4.69) is 6.07 Å². The van der Waals surface area contributed by atoms with Gasteiger partial charge in [0, 0.05) is 12.1 Å². The quantitative estimate of drug-likeness (QED) is 0.564. The highest BCUT2D eigenvalue weighted by atomic mass is 19.1. The smallest absolute Gasteiger partial charge is 0.250 e. The zero-order valence-electron chi connectivity index (χ0n) is 7.77. The summed E-state index contributed by atoms with van der Waals surface area (Å²) in [5, 5.41) is 11.4. The van der Waals surface area contributed by atoms with Crippen LogP contribution in [-0.4, -0.2) is 0 Å². The van der Waals surface area contributed by atoms with Crippen molar-refractivity contribution in [1.82, 2.24) is 0 Å². The molecule has 0 atom stereocenters. The molecule has 1 heterocycles. The third kappa shape index (κ3) is 1.61. The van der Waals surface area contributed by atoms with Crippen molar-refractivity contribution in [3.63, 3.8) is 0 Å². The summed E-state index contributed by atoms with van der Waals surface area (Å²) in [6.07, 6.45) is 1.23. The lowest BCUT2D eigenvalue weighted by Crippen LogP contribution is -2.29. The number of nitrogens with zero attached hydrogens (tertiary/aromatic N) is 1. The Morgan fingerprint density at radius 3 is 2.73 bits per heavy atom. The molecule has 0 unspecified atom stereocenters. The van der Waals surface area contributed by atoms with Gasteiger partial charge in [-0.15, -0.1) is 0 Å². The van der Waals surface area contributed by atoms with Crippen molar-refractivity contribution in [3.05, 3.63) is 53.6 Å². The van der Waals surface area contributed by atoms with E-state index in [1.807, 2.05) is 0 Å². The molecule has 0 aliphatic rings. The van der Waals surface area contributed by atoms with Crippen molar-refractivity contribution in [2.24, 2.45) is 0 Å². The topological polar surface area (TPSA) is 53.0 Å². The molecule has 3 nitrogen and oxygen atoms in total. The summed E-state index contributed by atoms with van der Waals surface area (Å²) < 4.78 is 13.9. The number of aromatic nitrogens is 1. The van der Waals surface area contributed by atoms with E-state index in [4.69, 9.17) is 5.73 Å². The second kappa shape index (κ2) is 3.57. The molecular weight excluding hydrogens is 195 g/mol. The summed E-state index contributed by atoms with van der Waals surface area (Å²) in [6.45, 7) is 0. The average molecular weight is 203 g/mol. The summed E-state index contributed by atoms with van der Waals surface area (Å²) in [6, 6.07) is 10.0. The second-order valence-electron chi connectivity index (χ2n) is 3.03. The van der Waals surface area contributed by atoms with Gasteiger partial charge in [-0.3, -0.25) is 0 Å². The first-order valence-corrected chi connectivity index (χ1v) is 4.34. The fourth-order valence-corrected chi connectivity index (χ4v) is 1.37. The van der Waals surface area contributed by atoms with Gasteiger partial charge in [-0.1, -0.05) is 12.1 Å². The van der Waals surface area contributed by atoms with Gasteiger partial charge in [-0.25, -0.2) is 4.39 Å². The summed E-state index contributed by atoms with van der Waals surface area (Å²) in [5.74, 6) is -0.478. The predicted molar refractivity (Wildman–Crippen MR) is 54.0 cm³/mol. The van der Waals surface area contributed by atoms with Crippen molar-refractivity contribution in [2.75, 3.05) is 5.73 Å². The van der Waals surface area contributed by atoms with Crippen molar-refractivity contribution >= 4 is 5.69 Å². The Bertz CT molecular complexity index is 479. The number of anilines is 1. The second-order valence-corrected chi connectivity index (χ2v) is 3.03. The molecule has 1 aromatic heterocycles. The summed E-state index contributed by atoms with van der Waals surface area (Å²) in [5.41, 5.74) is 5.99. The summed E-state index contributed by atoms with van der Waals surface area (Å²) in [4.78, 5) is 0. The number of hydrogen-bond acceptors (Lipinski definition) is 2. The lowest BCUT2D eigenvalue weighted by atomic mass is 10.1. The standard InChI is InChI=1S/C11H8FN2O/c12-9-5-2-1-4-8(9)11-10(13)6-3-7-14(11)15/h1-5,7H,13H2. The number of nitrogen functional groups attached to an aromatic ring is 1. The predicted octanol–water partition coefficient (Wildman–Crippen LogP) is 1.51. The molecule has 0 fully saturated rings. The van der Waals surface area contributed by atoms with Crippen LogP contribution in [0.5, 0.6) is 0 Å². The molecule has 75 valence electrons.